The van der Waals surface area contributed by atoms with Gasteiger partial charge >= 0.3 is 51.4 Å². The Kier molecular flexibility index (Phi) is 12.4. The van der Waals surface area contributed by atoms with E-state index in [2.05, 4.69) is 29.3 Å². The largest absolute Gasteiger partial charge is 1.00 e. The van der Waals surface area contributed by atoms with E-state index in [1.54, 1.807) is 13.2 Å². The summed E-state index contributed by atoms with van der Waals surface area (Å²) in [6.07, 6.45) is 8.17. The van der Waals surface area contributed by atoms with Gasteiger partial charge < -0.3 is 37.0 Å². The molecule has 190 valence electrons. The number of benzene rings is 2. The average molecular weight is 518 g/mol. The van der Waals surface area contributed by atoms with Crippen molar-refractivity contribution in [3.05, 3.63) is 65.9 Å². The van der Waals surface area contributed by atoms with Gasteiger partial charge in [0.2, 0.25) is 5.91 Å². The van der Waals surface area contributed by atoms with Crippen LogP contribution in [0.4, 0.5) is 11.4 Å². The molecule has 2 aromatic rings. The van der Waals surface area contributed by atoms with Crippen LogP contribution in [0.15, 0.2) is 30.3 Å². The zero-order chi connectivity index (χ0) is 25.4. The fraction of sp³-hybridized carbons (Fsp3) is 0.429. The summed E-state index contributed by atoms with van der Waals surface area (Å²) in [7, 11) is 1.64. The van der Waals surface area contributed by atoms with Crippen molar-refractivity contribution in [3.8, 4) is 5.75 Å². The predicted molar refractivity (Wildman–Crippen MR) is 139 cm³/mol. The number of amides is 1. The SMILES string of the molecule is COc1cc(NC(=O)C2CC[CH-]CC2)ccc1C.[CH2-]c1c(C)cc(NCC2(O)CNC2)cc1[C-]=O.[K+]. The zero-order valence-corrected chi connectivity index (χ0v) is 25.0. The van der Waals surface area contributed by atoms with Crippen molar-refractivity contribution in [3.63, 3.8) is 0 Å². The number of anilines is 2. The molecule has 1 heterocycles. The summed E-state index contributed by atoms with van der Waals surface area (Å²) in [6.45, 7) is 9.36. The average Bonchev–Trinajstić information content (AvgIpc) is 2.85. The van der Waals surface area contributed by atoms with Gasteiger partial charge in [0.1, 0.15) is 11.4 Å². The van der Waals surface area contributed by atoms with E-state index in [1.807, 2.05) is 44.4 Å². The van der Waals surface area contributed by atoms with Crippen LogP contribution < -0.4 is 72.1 Å². The van der Waals surface area contributed by atoms with Crippen molar-refractivity contribution in [2.75, 3.05) is 37.4 Å². The molecular formula is C28H36KN3O4-2. The first kappa shape index (κ1) is 30.8. The van der Waals surface area contributed by atoms with Gasteiger partial charge in [0.15, 0.2) is 0 Å². The zero-order valence-electron chi connectivity index (χ0n) is 21.9. The van der Waals surface area contributed by atoms with E-state index in [1.165, 1.54) is 0 Å². The molecule has 36 heavy (non-hydrogen) atoms. The first-order chi connectivity index (χ1) is 16.7. The van der Waals surface area contributed by atoms with E-state index in [0.717, 1.165) is 53.9 Å². The summed E-state index contributed by atoms with van der Waals surface area (Å²) < 4.78 is 5.26. The molecule has 0 aromatic heterocycles. The molecule has 1 amide bonds. The number of aryl methyl sites for hydroxylation is 2. The Labute approximate surface area is 257 Å². The van der Waals surface area contributed by atoms with Crippen molar-refractivity contribution >= 4 is 23.6 Å². The molecule has 4 rings (SSSR count). The Hall–Kier alpha value is -1.39. The van der Waals surface area contributed by atoms with Gasteiger partial charge in [-0.1, -0.05) is 25.8 Å². The Bertz CT molecular complexity index is 1030. The van der Waals surface area contributed by atoms with Crippen LogP contribution in [0.1, 0.15) is 47.9 Å². The minimum absolute atomic E-state index is 0. The summed E-state index contributed by atoms with van der Waals surface area (Å²) in [5, 5.41) is 19.0. The van der Waals surface area contributed by atoms with E-state index in [9.17, 15) is 14.7 Å². The number of carbonyl (C=O) groups is 1. The maximum Gasteiger partial charge on any atom is 1.00 e. The smallest absolute Gasteiger partial charge is 0.496 e. The van der Waals surface area contributed by atoms with Gasteiger partial charge in [0.25, 0.3) is 0 Å². The number of rotatable bonds is 7. The van der Waals surface area contributed by atoms with Gasteiger partial charge in [-0.05, 0) is 30.5 Å². The normalized spacial score (nSPS) is 16.3. The molecule has 0 bridgehead atoms. The van der Waals surface area contributed by atoms with Crippen LogP contribution in [-0.2, 0) is 9.59 Å². The number of nitrogens with one attached hydrogen (secondary N) is 3. The molecular weight excluding hydrogens is 481 g/mol. The second kappa shape index (κ2) is 14.5. The minimum atomic E-state index is -0.678. The molecule has 0 radical (unpaired) electrons. The first-order valence-corrected chi connectivity index (χ1v) is 12.0. The van der Waals surface area contributed by atoms with Crippen LogP contribution in [0.3, 0.4) is 0 Å². The molecule has 7 nitrogen and oxygen atoms in total. The van der Waals surface area contributed by atoms with Crippen LogP contribution >= 0.6 is 0 Å². The predicted octanol–water partition coefficient (Wildman–Crippen LogP) is 0.722. The van der Waals surface area contributed by atoms with Crippen molar-refractivity contribution in [1.29, 1.82) is 0 Å². The van der Waals surface area contributed by atoms with E-state index in [0.29, 0.717) is 30.8 Å². The number of ether oxygens (including phenoxy) is 1. The quantitative estimate of drug-likeness (QED) is 0.319. The van der Waals surface area contributed by atoms with Crippen molar-refractivity contribution in [2.45, 2.75) is 45.1 Å². The van der Waals surface area contributed by atoms with Crippen LogP contribution in [0.5, 0.6) is 5.75 Å². The molecule has 2 aromatic carbocycles. The van der Waals surface area contributed by atoms with E-state index >= 15 is 0 Å². The Morgan fingerprint density at radius 2 is 1.89 bits per heavy atom. The monoisotopic (exact) mass is 517 g/mol. The van der Waals surface area contributed by atoms with Gasteiger partial charge in [-0.25, -0.2) is 5.56 Å². The number of β-amino-alcohol motifs (C(OH)–C–C–N with tert-alkyl or cyclic N) is 1. The summed E-state index contributed by atoms with van der Waals surface area (Å²) in [6, 6.07) is 9.38. The summed E-state index contributed by atoms with van der Waals surface area (Å²) in [4.78, 5) is 22.8. The summed E-state index contributed by atoms with van der Waals surface area (Å²) in [5.74, 6) is 1.10. The van der Waals surface area contributed by atoms with Crippen LogP contribution in [-0.4, -0.2) is 49.6 Å². The Balaban J connectivity index is 0.000000247. The van der Waals surface area contributed by atoms with Gasteiger partial charge in [0, 0.05) is 37.3 Å². The molecule has 1 saturated heterocycles. The van der Waals surface area contributed by atoms with E-state index in [-0.39, 0.29) is 63.2 Å². The maximum atomic E-state index is 12.1. The number of hydrogen-bond donors (Lipinski definition) is 4. The molecule has 1 aliphatic carbocycles. The number of methoxy groups -OCH3 is 1. The number of hydrogen-bond acceptors (Lipinski definition) is 6. The molecule has 1 saturated carbocycles. The third-order valence-corrected chi connectivity index (χ3v) is 6.60. The van der Waals surface area contributed by atoms with Crippen molar-refractivity contribution < 1.29 is 70.8 Å². The van der Waals surface area contributed by atoms with Crippen LogP contribution in [0.25, 0.3) is 0 Å². The Morgan fingerprint density at radius 3 is 2.47 bits per heavy atom. The molecule has 1 aliphatic heterocycles. The fourth-order valence-corrected chi connectivity index (χ4v) is 4.15. The first-order valence-electron chi connectivity index (χ1n) is 12.0. The molecule has 4 N–H and O–H groups in total. The topological polar surface area (TPSA) is 99.7 Å². The molecule has 8 heteroatoms. The molecule has 2 fully saturated rings. The minimum Gasteiger partial charge on any atom is -0.496 e. The van der Waals surface area contributed by atoms with Gasteiger partial charge in [0.05, 0.1) is 7.11 Å². The maximum absolute atomic E-state index is 12.1. The summed E-state index contributed by atoms with van der Waals surface area (Å²) >= 11 is 0. The number of aliphatic hydroxyl groups is 1. The third-order valence-electron chi connectivity index (χ3n) is 6.60. The molecule has 0 unspecified atom stereocenters. The van der Waals surface area contributed by atoms with Gasteiger partial charge in [-0.3, -0.25) is 22.8 Å². The van der Waals surface area contributed by atoms with Crippen molar-refractivity contribution in [1.82, 2.24) is 5.32 Å². The van der Waals surface area contributed by atoms with Crippen LogP contribution in [0.2, 0.25) is 0 Å². The van der Waals surface area contributed by atoms with Gasteiger partial charge in [-0.2, -0.15) is 18.9 Å². The van der Waals surface area contributed by atoms with E-state index in [4.69, 9.17) is 4.74 Å². The van der Waals surface area contributed by atoms with E-state index < -0.39 is 5.60 Å². The van der Waals surface area contributed by atoms with Gasteiger partial charge in [-0.15, -0.1) is 6.07 Å². The second-order valence-electron chi connectivity index (χ2n) is 9.42. The number of carbonyl (C=O) groups excluding carboxylic acids is 2. The Morgan fingerprint density at radius 1 is 1.19 bits per heavy atom. The molecule has 0 spiro atoms. The fourth-order valence-electron chi connectivity index (χ4n) is 4.15. The third kappa shape index (κ3) is 8.58. The summed E-state index contributed by atoms with van der Waals surface area (Å²) in [5.41, 5.74) is 4.13. The second-order valence-corrected chi connectivity index (χ2v) is 9.42. The molecule has 0 atom stereocenters. The van der Waals surface area contributed by atoms with Crippen LogP contribution in [0, 0.1) is 33.1 Å². The standard InChI is InChI=1S/C15H20NO2.C13H16N2O2.K/c1-11-8-9-13(10-14(11)18-2)16-15(17)12-6-4-3-5-7-12;1-9-3-12(4-11(5-16)10(9)2)15-8-13(17)6-14-7-13;/h3,8-10,12H,4-7H2,1-2H3,(H,16,17);3-4,14-15,17H,2,6-8H2,1H3;/q-1;-2;+1. The van der Waals surface area contributed by atoms with Crippen molar-refractivity contribution in [2.24, 2.45) is 5.92 Å². The molecule has 2 aliphatic rings.